The third-order valence-corrected chi connectivity index (χ3v) is 3.84. The molecule has 0 aromatic carbocycles. The maximum Gasteiger partial charge on any atom is 0.259 e. The first-order chi connectivity index (χ1) is 9.18. The molecule has 0 radical (unpaired) electrons. The molecule has 1 saturated heterocycles. The van der Waals surface area contributed by atoms with Crippen LogP contribution in [0.25, 0.3) is 5.65 Å². The molecule has 0 aliphatic carbocycles. The summed E-state index contributed by atoms with van der Waals surface area (Å²) in [5.74, 6) is 0.547. The molecule has 5 nitrogen and oxygen atoms in total. The highest BCUT2D eigenvalue weighted by Gasteiger charge is 2.32. The van der Waals surface area contributed by atoms with Gasteiger partial charge in [0.05, 0.1) is 6.20 Å². The fourth-order valence-electron chi connectivity index (χ4n) is 2.87. The van der Waals surface area contributed by atoms with Crippen molar-refractivity contribution >= 4 is 11.6 Å². The number of amides is 1. The molecule has 1 atom stereocenters. The highest BCUT2D eigenvalue weighted by atomic mass is 16.2. The summed E-state index contributed by atoms with van der Waals surface area (Å²) in [7, 11) is 0. The zero-order valence-electron chi connectivity index (χ0n) is 11.3. The molecule has 2 aromatic rings. The monoisotopic (exact) mass is 258 g/mol. The Morgan fingerprint density at radius 2 is 2.32 bits per heavy atom. The van der Waals surface area contributed by atoms with Gasteiger partial charge in [0.2, 0.25) is 0 Å². The second kappa shape index (κ2) is 4.64. The van der Waals surface area contributed by atoms with Crippen LogP contribution < -0.4 is 0 Å². The summed E-state index contributed by atoms with van der Waals surface area (Å²) in [5, 5.41) is 4.19. The lowest BCUT2D eigenvalue weighted by atomic mass is 10.0. The Kier molecular flexibility index (Phi) is 2.97. The summed E-state index contributed by atoms with van der Waals surface area (Å²) in [6.45, 7) is 5.18. The van der Waals surface area contributed by atoms with Crippen LogP contribution in [0.5, 0.6) is 0 Å². The number of hydrogen-bond donors (Lipinski definition) is 0. The van der Waals surface area contributed by atoms with Gasteiger partial charge in [-0.2, -0.15) is 5.10 Å². The van der Waals surface area contributed by atoms with E-state index in [-0.39, 0.29) is 5.91 Å². The summed E-state index contributed by atoms with van der Waals surface area (Å²) in [5.41, 5.74) is 1.25. The van der Waals surface area contributed by atoms with Crippen molar-refractivity contribution in [3.05, 3.63) is 30.2 Å². The van der Waals surface area contributed by atoms with Gasteiger partial charge >= 0.3 is 0 Å². The van der Waals surface area contributed by atoms with Gasteiger partial charge in [0, 0.05) is 25.0 Å². The summed E-state index contributed by atoms with van der Waals surface area (Å²) in [6, 6.07) is 2.15. The Morgan fingerprint density at radius 3 is 3.11 bits per heavy atom. The van der Waals surface area contributed by atoms with Crippen molar-refractivity contribution in [1.82, 2.24) is 19.5 Å². The van der Waals surface area contributed by atoms with Crippen molar-refractivity contribution in [2.45, 2.75) is 32.7 Å². The minimum atomic E-state index is 0.0601. The first kappa shape index (κ1) is 12.1. The second-order valence-corrected chi connectivity index (χ2v) is 5.40. The van der Waals surface area contributed by atoms with Crippen LogP contribution in [-0.4, -0.2) is 38.0 Å². The smallest absolute Gasteiger partial charge is 0.259 e. The van der Waals surface area contributed by atoms with Crippen LogP contribution in [0.3, 0.4) is 0 Å². The van der Waals surface area contributed by atoms with E-state index in [1.54, 1.807) is 23.0 Å². The lowest BCUT2D eigenvalue weighted by Gasteiger charge is -2.27. The molecule has 0 unspecified atom stereocenters. The summed E-state index contributed by atoms with van der Waals surface area (Å²) in [4.78, 5) is 18.9. The van der Waals surface area contributed by atoms with Gasteiger partial charge in [-0.15, -0.1) is 0 Å². The average molecular weight is 258 g/mol. The van der Waals surface area contributed by atoms with Gasteiger partial charge in [-0.05, 0) is 24.8 Å². The summed E-state index contributed by atoms with van der Waals surface area (Å²) in [6.07, 6.45) is 7.30. The maximum absolute atomic E-state index is 12.7. The lowest BCUT2D eigenvalue weighted by molar-refractivity contribution is 0.0703. The molecule has 2 aromatic heterocycles. The predicted octanol–water partition coefficient (Wildman–Crippen LogP) is 1.99. The van der Waals surface area contributed by atoms with E-state index in [0.29, 0.717) is 23.2 Å². The number of carbonyl (C=O) groups is 1. The van der Waals surface area contributed by atoms with Gasteiger partial charge in [-0.25, -0.2) is 9.50 Å². The second-order valence-electron chi connectivity index (χ2n) is 5.40. The van der Waals surface area contributed by atoms with Crippen LogP contribution in [0.4, 0.5) is 0 Å². The third kappa shape index (κ3) is 1.99. The molecule has 1 amide bonds. The van der Waals surface area contributed by atoms with Crippen LogP contribution >= 0.6 is 0 Å². The molecular formula is C14H18N4O. The summed E-state index contributed by atoms with van der Waals surface area (Å²) >= 11 is 0. The van der Waals surface area contributed by atoms with Gasteiger partial charge in [0.15, 0.2) is 5.65 Å². The molecule has 0 bridgehead atoms. The largest absolute Gasteiger partial charge is 0.335 e. The minimum Gasteiger partial charge on any atom is -0.335 e. The summed E-state index contributed by atoms with van der Waals surface area (Å²) < 4.78 is 1.65. The van der Waals surface area contributed by atoms with Gasteiger partial charge in [-0.3, -0.25) is 4.79 Å². The van der Waals surface area contributed by atoms with Crippen molar-refractivity contribution in [2.24, 2.45) is 5.92 Å². The Labute approximate surface area is 112 Å². The third-order valence-electron chi connectivity index (χ3n) is 3.84. The van der Waals surface area contributed by atoms with E-state index in [1.807, 2.05) is 11.1 Å². The topological polar surface area (TPSA) is 50.5 Å². The zero-order chi connectivity index (χ0) is 13.4. The van der Waals surface area contributed by atoms with Gasteiger partial charge < -0.3 is 4.90 Å². The Morgan fingerprint density at radius 1 is 1.47 bits per heavy atom. The van der Waals surface area contributed by atoms with Crippen LogP contribution in [0.2, 0.25) is 0 Å². The molecule has 19 heavy (non-hydrogen) atoms. The van der Waals surface area contributed by atoms with E-state index in [0.717, 1.165) is 19.4 Å². The van der Waals surface area contributed by atoms with Crippen LogP contribution in [0, 0.1) is 5.92 Å². The number of carbonyl (C=O) groups excluding carboxylic acids is 1. The number of likely N-dealkylation sites (tertiary alicyclic amines) is 1. The fourth-order valence-corrected chi connectivity index (χ4v) is 2.87. The Hall–Kier alpha value is -1.91. The SMILES string of the molecule is CC(C)[C@H]1CCCN1C(=O)c1cnn2cccnc12. The number of nitrogens with zero attached hydrogens (tertiary/aromatic N) is 4. The van der Waals surface area contributed by atoms with E-state index in [2.05, 4.69) is 23.9 Å². The van der Waals surface area contributed by atoms with Gasteiger partial charge in [0.1, 0.15) is 5.56 Å². The molecule has 1 aliphatic rings. The maximum atomic E-state index is 12.7. The molecule has 3 rings (SSSR count). The van der Waals surface area contributed by atoms with E-state index in [4.69, 9.17) is 0 Å². The molecule has 100 valence electrons. The zero-order valence-corrected chi connectivity index (χ0v) is 11.3. The first-order valence-corrected chi connectivity index (χ1v) is 6.78. The van der Waals surface area contributed by atoms with E-state index in [1.165, 1.54) is 0 Å². The van der Waals surface area contributed by atoms with Crippen molar-refractivity contribution in [2.75, 3.05) is 6.54 Å². The molecule has 1 fully saturated rings. The molecule has 0 N–H and O–H groups in total. The highest BCUT2D eigenvalue weighted by Crippen LogP contribution is 2.26. The molecular weight excluding hydrogens is 240 g/mol. The fraction of sp³-hybridized carbons (Fsp3) is 0.500. The normalized spacial score (nSPS) is 19.5. The van der Waals surface area contributed by atoms with Crippen molar-refractivity contribution < 1.29 is 4.79 Å². The number of fused-ring (bicyclic) bond motifs is 1. The van der Waals surface area contributed by atoms with Crippen molar-refractivity contribution in [3.63, 3.8) is 0 Å². The van der Waals surface area contributed by atoms with E-state index >= 15 is 0 Å². The van der Waals surface area contributed by atoms with Crippen molar-refractivity contribution in [3.8, 4) is 0 Å². The minimum absolute atomic E-state index is 0.0601. The molecule has 3 heterocycles. The number of rotatable bonds is 2. The lowest BCUT2D eigenvalue weighted by Crippen LogP contribution is -2.38. The van der Waals surface area contributed by atoms with Crippen molar-refractivity contribution in [1.29, 1.82) is 0 Å². The first-order valence-electron chi connectivity index (χ1n) is 6.78. The van der Waals surface area contributed by atoms with Gasteiger partial charge in [-0.1, -0.05) is 13.8 Å². The Bertz CT molecular complexity index is 604. The van der Waals surface area contributed by atoms with E-state index < -0.39 is 0 Å². The average Bonchev–Trinajstić information content (AvgIpc) is 3.05. The standard InChI is InChI=1S/C14H18N4O/c1-10(2)12-5-3-7-17(12)14(19)11-9-16-18-8-4-6-15-13(11)18/h4,6,8-10,12H,3,5,7H2,1-2H3/t12-/m1/s1. The number of hydrogen-bond acceptors (Lipinski definition) is 3. The number of aromatic nitrogens is 3. The van der Waals surface area contributed by atoms with Gasteiger partial charge in [0.25, 0.3) is 5.91 Å². The molecule has 0 spiro atoms. The van der Waals surface area contributed by atoms with Crippen LogP contribution in [-0.2, 0) is 0 Å². The van der Waals surface area contributed by atoms with E-state index in [9.17, 15) is 4.79 Å². The Balaban J connectivity index is 1.95. The molecule has 0 saturated carbocycles. The quantitative estimate of drug-likeness (QED) is 0.827. The molecule has 5 heteroatoms. The van der Waals surface area contributed by atoms with Crippen LogP contribution in [0.15, 0.2) is 24.7 Å². The van der Waals surface area contributed by atoms with Crippen LogP contribution in [0.1, 0.15) is 37.0 Å². The predicted molar refractivity (Wildman–Crippen MR) is 71.9 cm³/mol. The highest BCUT2D eigenvalue weighted by molar-refractivity contribution is 5.99. The molecule has 1 aliphatic heterocycles.